The molecule has 0 radical (unpaired) electrons. The summed E-state index contributed by atoms with van der Waals surface area (Å²) in [7, 11) is -2.35. The maximum absolute atomic E-state index is 13.4. The SMILES string of the molecule is CN([C@@H]1CCCc2c1cnn2CC(=O)O)S(=O)(=O)c1ccc(Oc2ccccc2)c(Cl)c1. The molecule has 4 rings (SSSR count). The Labute approximate surface area is 191 Å². The molecule has 1 atom stereocenters. The first-order valence-corrected chi connectivity index (χ1v) is 11.9. The largest absolute Gasteiger partial charge is 0.480 e. The van der Waals surface area contributed by atoms with Gasteiger partial charge in [0.15, 0.2) is 0 Å². The van der Waals surface area contributed by atoms with Crippen LogP contribution in [0.4, 0.5) is 0 Å². The van der Waals surface area contributed by atoms with Crippen LogP contribution in [0.25, 0.3) is 0 Å². The maximum atomic E-state index is 13.4. The lowest BCUT2D eigenvalue weighted by molar-refractivity contribution is -0.137. The van der Waals surface area contributed by atoms with Crippen molar-refractivity contribution >= 4 is 27.6 Å². The molecule has 3 aromatic rings. The number of ether oxygens (including phenoxy) is 1. The zero-order valence-electron chi connectivity index (χ0n) is 17.3. The molecule has 0 saturated heterocycles. The van der Waals surface area contributed by atoms with E-state index in [4.69, 9.17) is 21.4 Å². The molecule has 0 aliphatic heterocycles. The second-order valence-corrected chi connectivity index (χ2v) is 9.94. The first kappa shape index (κ1) is 22.3. The van der Waals surface area contributed by atoms with E-state index in [0.717, 1.165) is 17.7 Å². The van der Waals surface area contributed by atoms with Crippen LogP contribution in [-0.4, -0.2) is 40.6 Å². The summed E-state index contributed by atoms with van der Waals surface area (Å²) in [6, 6.07) is 13.0. The molecule has 168 valence electrons. The number of sulfonamides is 1. The molecule has 1 heterocycles. The first-order chi connectivity index (χ1) is 15.3. The van der Waals surface area contributed by atoms with Crippen LogP contribution in [0.5, 0.6) is 11.5 Å². The molecule has 1 aliphatic rings. The van der Waals surface area contributed by atoms with Crippen molar-refractivity contribution in [1.82, 2.24) is 14.1 Å². The number of carboxylic acids is 1. The second-order valence-electron chi connectivity index (χ2n) is 7.53. The van der Waals surface area contributed by atoms with Crippen molar-refractivity contribution < 1.29 is 23.1 Å². The third-order valence-corrected chi connectivity index (χ3v) is 7.66. The van der Waals surface area contributed by atoms with Gasteiger partial charge in [-0.25, -0.2) is 8.42 Å². The van der Waals surface area contributed by atoms with Crippen LogP contribution in [-0.2, 0) is 27.8 Å². The predicted octanol–water partition coefficient (Wildman–Crippen LogP) is 4.11. The molecule has 1 N–H and O–H groups in total. The third-order valence-electron chi connectivity index (χ3n) is 5.51. The highest BCUT2D eigenvalue weighted by molar-refractivity contribution is 7.89. The third kappa shape index (κ3) is 4.36. The number of aromatic nitrogens is 2. The van der Waals surface area contributed by atoms with Crippen LogP contribution in [0.1, 0.15) is 30.1 Å². The molecule has 0 unspecified atom stereocenters. The summed E-state index contributed by atoms with van der Waals surface area (Å²) >= 11 is 6.33. The minimum Gasteiger partial charge on any atom is -0.480 e. The maximum Gasteiger partial charge on any atom is 0.325 e. The number of fused-ring (bicyclic) bond motifs is 1. The molecular formula is C22H22ClN3O5S. The van der Waals surface area contributed by atoms with Crippen molar-refractivity contribution in [2.45, 2.75) is 36.7 Å². The lowest BCUT2D eigenvalue weighted by Gasteiger charge is -2.31. The van der Waals surface area contributed by atoms with Crippen molar-refractivity contribution in [3.8, 4) is 11.5 Å². The van der Waals surface area contributed by atoms with Gasteiger partial charge in [-0.1, -0.05) is 29.8 Å². The van der Waals surface area contributed by atoms with Crippen LogP contribution in [0.15, 0.2) is 59.6 Å². The molecule has 0 fully saturated rings. The van der Waals surface area contributed by atoms with Crippen LogP contribution in [0.2, 0.25) is 5.02 Å². The minimum absolute atomic E-state index is 0.0514. The topological polar surface area (TPSA) is 102 Å². The normalized spacial score (nSPS) is 16.0. The Bertz CT molecular complexity index is 1240. The minimum atomic E-state index is -3.87. The van der Waals surface area contributed by atoms with Gasteiger partial charge in [0.1, 0.15) is 18.0 Å². The summed E-state index contributed by atoms with van der Waals surface area (Å²) in [6.07, 6.45) is 3.57. The highest BCUT2D eigenvalue weighted by Crippen LogP contribution is 2.38. The summed E-state index contributed by atoms with van der Waals surface area (Å²) in [5, 5.41) is 13.4. The molecule has 8 nitrogen and oxygen atoms in total. The van der Waals surface area contributed by atoms with Gasteiger partial charge in [0.25, 0.3) is 0 Å². The van der Waals surface area contributed by atoms with Gasteiger partial charge in [0.05, 0.1) is 22.2 Å². The highest BCUT2D eigenvalue weighted by Gasteiger charge is 2.34. The van der Waals surface area contributed by atoms with Gasteiger partial charge in [0, 0.05) is 18.3 Å². The fourth-order valence-corrected chi connectivity index (χ4v) is 5.59. The highest BCUT2D eigenvalue weighted by atomic mass is 35.5. The number of para-hydroxylation sites is 1. The molecule has 0 bridgehead atoms. The van der Waals surface area contributed by atoms with E-state index in [9.17, 15) is 13.2 Å². The zero-order valence-corrected chi connectivity index (χ0v) is 18.9. The van der Waals surface area contributed by atoms with E-state index >= 15 is 0 Å². The van der Waals surface area contributed by atoms with E-state index in [1.807, 2.05) is 18.2 Å². The average Bonchev–Trinajstić information content (AvgIpc) is 3.17. The second kappa shape index (κ2) is 8.93. The predicted molar refractivity (Wildman–Crippen MR) is 118 cm³/mol. The number of benzene rings is 2. The Kier molecular flexibility index (Phi) is 6.23. The molecular weight excluding hydrogens is 454 g/mol. The van der Waals surface area contributed by atoms with E-state index in [0.29, 0.717) is 24.3 Å². The van der Waals surface area contributed by atoms with E-state index in [-0.39, 0.29) is 16.5 Å². The van der Waals surface area contributed by atoms with Gasteiger partial charge < -0.3 is 9.84 Å². The van der Waals surface area contributed by atoms with Gasteiger partial charge in [-0.3, -0.25) is 9.48 Å². The molecule has 32 heavy (non-hydrogen) atoms. The van der Waals surface area contributed by atoms with Gasteiger partial charge in [-0.05, 0) is 49.6 Å². The quantitative estimate of drug-likeness (QED) is 0.551. The number of nitrogens with zero attached hydrogens (tertiary/aromatic N) is 3. The van der Waals surface area contributed by atoms with E-state index < -0.39 is 22.0 Å². The molecule has 1 aromatic heterocycles. The number of rotatable bonds is 7. The lowest BCUT2D eigenvalue weighted by atomic mass is 9.93. The van der Waals surface area contributed by atoms with Gasteiger partial charge >= 0.3 is 5.97 Å². The summed E-state index contributed by atoms with van der Waals surface area (Å²) in [6.45, 7) is -0.253. The van der Waals surface area contributed by atoms with Crippen LogP contribution < -0.4 is 4.74 Å². The van der Waals surface area contributed by atoms with Gasteiger partial charge in [-0.15, -0.1) is 0 Å². The standard InChI is InChI=1S/C22H22ClN3O5S/c1-25(19-8-5-9-20-17(19)13-24-26(20)14-22(27)28)32(29,30)16-10-11-21(18(23)12-16)31-15-6-3-2-4-7-15/h2-4,6-7,10-13,19H,5,8-9,14H2,1H3,(H,27,28)/t19-/m1/s1. The average molecular weight is 476 g/mol. The van der Waals surface area contributed by atoms with Crippen LogP contribution in [0, 0.1) is 0 Å². The smallest absolute Gasteiger partial charge is 0.325 e. The Morgan fingerprint density at radius 1 is 1.28 bits per heavy atom. The Morgan fingerprint density at radius 2 is 2.03 bits per heavy atom. The zero-order chi connectivity index (χ0) is 22.9. The van der Waals surface area contributed by atoms with Crippen molar-refractivity contribution in [3.05, 3.63) is 71.0 Å². The van der Waals surface area contributed by atoms with Crippen LogP contribution >= 0.6 is 11.6 Å². The van der Waals surface area contributed by atoms with Crippen molar-refractivity contribution in [1.29, 1.82) is 0 Å². The number of carboxylic acid groups (broad SMARTS) is 1. The summed E-state index contributed by atoms with van der Waals surface area (Å²) < 4.78 is 35.2. The lowest BCUT2D eigenvalue weighted by Crippen LogP contribution is -2.33. The number of aliphatic carboxylic acids is 1. The number of carbonyl (C=O) groups is 1. The van der Waals surface area contributed by atoms with Crippen molar-refractivity contribution in [2.24, 2.45) is 0 Å². The first-order valence-electron chi connectivity index (χ1n) is 10.0. The van der Waals surface area contributed by atoms with E-state index in [2.05, 4.69) is 5.10 Å². The molecule has 0 amide bonds. The fraction of sp³-hybridized carbons (Fsp3) is 0.273. The number of halogens is 1. The Balaban J connectivity index is 1.60. The molecule has 2 aromatic carbocycles. The summed E-state index contributed by atoms with van der Waals surface area (Å²) in [4.78, 5) is 11.1. The number of hydrogen-bond acceptors (Lipinski definition) is 5. The van der Waals surface area contributed by atoms with Gasteiger partial charge in [0.2, 0.25) is 10.0 Å². The Morgan fingerprint density at radius 3 is 2.72 bits per heavy atom. The van der Waals surface area contributed by atoms with E-state index in [1.54, 1.807) is 18.3 Å². The van der Waals surface area contributed by atoms with Crippen molar-refractivity contribution in [2.75, 3.05) is 7.05 Å². The number of hydrogen-bond donors (Lipinski definition) is 1. The van der Waals surface area contributed by atoms with Crippen molar-refractivity contribution in [3.63, 3.8) is 0 Å². The molecule has 1 aliphatic carbocycles. The Hall–Kier alpha value is -2.88. The summed E-state index contributed by atoms with van der Waals surface area (Å²) in [5.41, 5.74) is 1.49. The molecule has 10 heteroatoms. The van der Waals surface area contributed by atoms with Gasteiger partial charge in [-0.2, -0.15) is 9.40 Å². The monoisotopic (exact) mass is 475 g/mol. The molecule has 0 saturated carbocycles. The summed E-state index contributed by atoms with van der Waals surface area (Å²) in [5.74, 6) is -0.0453. The van der Waals surface area contributed by atoms with E-state index in [1.165, 1.54) is 34.2 Å². The van der Waals surface area contributed by atoms with Crippen LogP contribution in [0.3, 0.4) is 0 Å². The molecule has 0 spiro atoms. The fourth-order valence-electron chi connectivity index (χ4n) is 3.91.